The molecule has 0 N–H and O–H groups in total. The van der Waals surface area contributed by atoms with Crippen molar-refractivity contribution < 1.29 is 14.2 Å². The van der Waals surface area contributed by atoms with E-state index in [0.29, 0.717) is 31.1 Å². The Labute approximate surface area is 173 Å². The Morgan fingerprint density at radius 1 is 1.10 bits per heavy atom. The number of benzene rings is 1. The topological polar surface area (TPSA) is 57.9 Å². The average Bonchev–Trinajstić information content (AvgIpc) is 2.76. The fourth-order valence-electron chi connectivity index (χ4n) is 3.21. The Bertz CT molecular complexity index is 799. The molecule has 6 nitrogen and oxygen atoms in total. The van der Waals surface area contributed by atoms with E-state index in [-0.39, 0.29) is 0 Å². The van der Waals surface area contributed by atoms with Gasteiger partial charge in [0.2, 0.25) is 5.88 Å². The van der Waals surface area contributed by atoms with Crippen molar-refractivity contribution in [3.05, 3.63) is 48.0 Å². The molecule has 29 heavy (non-hydrogen) atoms. The average molecular weight is 400 g/mol. The van der Waals surface area contributed by atoms with Gasteiger partial charge in [-0.15, -0.1) is 0 Å². The van der Waals surface area contributed by atoms with E-state index in [4.69, 9.17) is 19.2 Å². The van der Waals surface area contributed by atoms with Crippen LogP contribution in [0.4, 0.5) is 0 Å². The first-order valence-electron chi connectivity index (χ1n) is 10.9. The summed E-state index contributed by atoms with van der Waals surface area (Å²) >= 11 is 0. The van der Waals surface area contributed by atoms with Gasteiger partial charge >= 0.3 is 0 Å². The molecule has 1 saturated heterocycles. The van der Waals surface area contributed by atoms with E-state index in [1.54, 1.807) is 10.9 Å². The van der Waals surface area contributed by atoms with E-state index in [0.717, 1.165) is 50.6 Å². The normalized spacial score (nSPS) is 20.0. The number of nitrogens with zero attached hydrogens (tertiary/aromatic N) is 3. The van der Waals surface area contributed by atoms with Gasteiger partial charge in [0.05, 0.1) is 37.1 Å². The fourth-order valence-corrected chi connectivity index (χ4v) is 3.21. The van der Waals surface area contributed by atoms with Crippen molar-refractivity contribution in [1.82, 2.24) is 9.78 Å². The van der Waals surface area contributed by atoms with E-state index in [9.17, 15) is 0 Å². The van der Waals surface area contributed by atoms with Crippen molar-refractivity contribution in [2.75, 3.05) is 19.8 Å². The third kappa shape index (κ3) is 6.15. The van der Waals surface area contributed by atoms with Crippen LogP contribution in [-0.4, -0.2) is 35.5 Å². The third-order valence-electron chi connectivity index (χ3n) is 4.87. The Morgan fingerprint density at radius 2 is 1.90 bits per heavy atom. The van der Waals surface area contributed by atoms with E-state index >= 15 is 0 Å². The highest BCUT2D eigenvalue weighted by Crippen LogP contribution is 2.28. The van der Waals surface area contributed by atoms with Gasteiger partial charge in [-0.05, 0) is 37.8 Å². The smallest absolute Gasteiger partial charge is 0.269 e. The number of ether oxygens (including phenoxy) is 3. The number of unbranched alkanes of at least 4 members (excludes halogenated alkanes) is 2. The van der Waals surface area contributed by atoms with Crippen LogP contribution in [0.25, 0.3) is 5.69 Å². The summed E-state index contributed by atoms with van der Waals surface area (Å²) in [5.74, 6) is -0.236. The van der Waals surface area contributed by atoms with Crippen LogP contribution in [0.15, 0.2) is 47.6 Å². The summed E-state index contributed by atoms with van der Waals surface area (Å²) in [6, 6.07) is 11.9. The molecule has 158 valence electrons. The minimum Gasteiger partial charge on any atom is -0.478 e. The monoisotopic (exact) mass is 399 g/mol. The molecule has 1 aromatic carbocycles. The van der Waals surface area contributed by atoms with Crippen molar-refractivity contribution in [2.24, 2.45) is 4.99 Å². The largest absolute Gasteiger partial charge is 0.478 e. The highest BCUT2D eigenvalue weighted by molar-refractivity contribution is 5.33. The molecule has 3 rings (SSSR count). The van der Waals surface area contributed by atoms with Crippen LogP contribution in [0.1, 0.15) is 58.8 Å². The molecule has 1 aliphatic rings. The van der Waals surface area contributed by atoms with Gasteiger partial charge in [-0.1, -0.05) is 44.9 Å². The highest BCUT2D eigenvalue weighted by Gasteiger charge is 2.33. The Hall–Kier alpha value is -2.18. The predicted octanol–water partition coefficient (Wildman–Crippen LogP) is 4.62. The number of aromatic nitrogens is 2. The van der Waals surface area contributed by atoms with Crippen LogP contribution >= 0.6 is 0 Å². The molecule has 0 amide bonds. The van der Waals surface area contributed by atoms with Crippen LogP contribution in [-0.2, 0) is 9.47 Å². The highest BCUT2D eigenvalue weighted by atomic mass is 16.7. The van der Waals surface area contributed by atoms with Gasteiger partial charge in [0, 0.05) is 12.5 Å². The number of para-hydroxylation sites is 1. The molecule has 1 fully saturated rings. The fraction of sp³-hybridized carbons (Fsp3) is 0.565. The summed E-state index contributed by atoms with van der Waals surface area (Å²) in [4.78, 5) is 4.84. The first kappa shape index (κ1) is 21.5. The second-order valence-electron chi connectivity index (χ2n) is 7.33. The maximum atomic E-state index is 6.10. The molecule has 2 aromatic rings. The van der Waals surface area contributed by atoms with Crippen molar-refractivity contribution in [2.45, 2.75) is 64.7 Å². The quantitative estimate of drug-likeness (QED) is 0.547. The number of hydrogen-bond acceptors (Lipinski definition) is 5. The van der Waals surface area contributed by atoms with Crippen LogP contribution in [0, 0.1) is 0 Å². The van der Waals surface area contributed by atoms with Crippen molar-refractivity contribution in [3.8, 4) is 11.6 Å². The molecule has 1 unspecified atom stereocenters. The predicted molar refractivity (Wildman–Crippen MR) is 113 cm³/mol. The molecule has 0 spiro atoms. The standard InChI is InChI=1S/C23H33N3O3/c1-3-5-15-27-22-18-20(19-24-26(22)21-12-8-7-9-13-21)25-23(28-16-6-4-2)14-10-11-17-29-23/h7-9,12-13,18-19H,3-6,10-11,14-17H2,1-2H3. The second-order valence-corrected chi connectivity index (χ2v) is 7.33. The molecule has 6 heteroatoms. The lowest BCUT2D eigenvalue weighted by atomic mass is 10.1. The lowest BCUT2D eigenvalue weighted by molar-refractivity contribution is -0.252. The summed E-state index contributed by atoms with van der Waals surface area (Å²) in [6.45, 7) is 6.25. The summed E-state index contributed by atoms with van der Waals surface area (Å²) in [6.07, 6.45) is 8.73. The van der Waals surface area contributed by atoms with E-state index in [2.05, 4.69) is 18.9 Å². The number of hydrogen-bond donors (Lipinski definition) is 0. The summed E-state index contributed by atoms with van der Waals surface area (Å²) < 4.78 is 20.0. The molecular weight excluding hydrogens is 366 g/mol. The van der Waals surface area contributed by atoms with E-state index in [1.807, 2.05) is 36.4 Å². The SMILES string of the molecule is CCCCOc1cc(=NC2(OCCCC)CCCCO2)cnn1-c1ccccc1. The van der Waals surface area contributed by atoms with Crippen LogP contribution < -0.4 is 10.1 Å². The van der Waals surface area contributed by atoms with Crippen LogP contribution in [0.2, 0.25) is 0 Å². The molecule has 0 aliphatic carbocycles. The molecule has 1 aromatic heterocycles. The Morgan fingerprint density at radius 3 is 2.62 bits per heavy atom. The zero-order valence-corrected chi connectivity index (χ0v) is 17.7. The molecule has 0 radical (unpaired) electrons. The lowest BCUT2D eigenvalue weighted by Gasteiger charge is -2.33. The van der Waals surface area contributed by atoms with Gasteiger partial charge in [0.15, 0.2) is 0 Å². The lowest BCUT2D eigenvalue weighted by Crippen LogP contribution is -2.39. The van der Waals surface area contributed by atoms with Crippen molar-refractivity contribution in [1.29, 1.82) is 0 Å². The summed E-state index contributed by atoms with van der Waals surface area (Å²) in [5.41, 5.74) is 0.952. The third-order valence-corrected chi connectivity index (χ3v) is 4.87. The van der Waals surface area contributed by atoms with E-state index < -0.39 is 5.91 Å². The Kier molecular flexibility index (Phi) is 8.25. The van der Waals surface area contributed by atoms with Crippen molar-refractivity contribution in [3.63, 3.8) is 0 Å². The zero-order chi connectivity index (χ0) is 20.4. The maximum Gasteiger partial charge on any atom is 0.269 e. The van der Waals surface area contributed by atoms with Gasteiger partial charge in [-0.2, -0.15) is 5.10 Å². The van der Waals surface area contributed by atoms with Crippen LogP contribution in [0.5, 0.6) is 5.88 Å². The van der Waals surface area contributed by atoms with Gasteiger partial charge < -0.3 is 14.2 Å². The number of rotatable bonds is 10. The molecule has 1 aliphatic heterocycles. The van der Waals surface area contributed by atoms with Gasteiger partial charge in [-0.25, -0.2) is 9.67 Å². The molecule has 0 saturated carbocycles. The zero-order valence-electron chi connectivity index (χ0n) is 17.7. The molecule has 1 atom stereocenters. The second kappa shape index (κ2) is 11.1. The summed E-state index contributed by atoms with van der Waals surface area (Å²) in [5, 5.41) is 5.32. The Balaban J connectivity index is 1.93. The maximum absolute atomic E-state index is 6.10. The molecular formula is C23H33N3O3. The van der Waals surface area contributed by atoms with Crippen molar-refractivity contribution >= 4 is 0 Å². The van der Waals surface area contributed by atoms with Gasteiger partial charge in [-0.3, -0.25) is 0 Å². The first-order chi connectivity index (χ1) is 14.3. The van der Waals surface area contributed by atoms with Gasteiger partial charge in [0.25, 0.3) is 5.91 Å². The minimum absolute atomic E-state index is 0.642. The first-order valence-corrected chi connectivity index (χ1v) is 10.9. The van der Waals surface area contributed by atoms with Crippen LogP contribution in [0.3, 0.4) is 0 Å². The summed E-state index contributed by atoms with van der Waals surface area (Å²) in [7, 11) is 0. The molecule has 0 bridgehead atoms. The van der Waals surface area contributed by atoms with Gasteiger partial charge in [0.1, 0.15) is 0 Å². The minimum atomic E-state index is -0.908. The van der Waals surface area contributed by atoms with E-state index in [1.165, 1.54) is 0 Å². The molecule has 2 heterocycles.